The summed E-state index contributed by atoms with van der Waals surface area (Å²) in [6, 6.07) is 1.40. The van der Waals surface area contributed by atoms with Crippen molar-refractivity contribution < 1.29 is 0 Å². The van der Waals surface area contributed by atoms with Crippen LogP contribution in [-0.2, 0) is 0 Å². The molecular weight excluding hydrogens is 172 g/mol. The standard InChI is InChI=1S/C12H26N2/c1-5-13-11(3)8-12(4)14-7-6-10(2)9-14/h10-13H,5-9H2,1-4H3. The Labute approximate surface area is 89.1 Å². The molecule has 1 N–H and O–H groups in total. The molecule has 1 fully saturated rings. The van der Waals surface area contributed by atoms with E-state index in [1.54, 1.807) is 0 Å². The van der Waals surface area contributed by atoms with E-state index < -0.39 is 0 Å². The highest BCUT2D eigenvalue weighted by Crippen LogP contribution is 2.19. The summed E-state index contributed by atoms with van der Waals surface area (Å²) in [5, 5.41) is 3.48. The van der Waals surface area contributed by atoms with Crippen molar-refractivity contribution in [3.05, 3.63) is 0 Å². The van der Waals surface area contributed by atoms with Crippen molar-refractivity contribution >= 4 is 0 Å². The van der Waals surface area contributed by atoms with E-state index in [0.29, 0.717) is 6.04 Å². The molecule has 1 heterocycles. The van der Waals surface area contributed by atoms with Gasteiger partial charge in [-0.15, -0.1) is 0 Å². The van der Waals surface area contributed by atoms with Gasteiger partial charge in [0.15, 0.2) is 0 Å². The average molecular weight is 198 g/mol. The summed E-state index contributed by atoms with van der Waals surface area (Å²) in [5.41, 5.74) is 0. The van der Waals surface area contributed by atoms with Gasteiger partial charge in [-0.1, -0.05) is 13.8 Å². The molecule has 1 aliphatic rings. The fourth-order valence-electron chi connectivity index (χ4n) is 2.46. The molecule has 0 aromatic carbocycles. The highest BCUT2D eigenvalue weighted by molar-refractivity contribution is 4.79. The first-order chi connectivity index (χ1) is 6.63. The number of rotatable bonds is 5. The number of nitrogens with zero attached hydrogens (tertiary/aromatic N) is 1. The third-order valence-corrected chi connectivity index (χ3v) is 3.33. The zero-order valence-corrected chi connectivity index (χ0v) is 10.2. The molecule has 2 heteroatoms. The maximum absolute atomic E-state index is 3.48. The maximum Gasteiger partial charge on any atom is 0.00817 e. The summed E-state index contributed by atoms with van der Waals surface area (Å²) in [7, 11) is 0. The second-order valence-corrected chi connectivity index (χ2v) is 4.93. The van der Waals surface area contributed by atoms with Crippen LogP contribution >= 0.6 is 0 Å². The van der Waals surface area contributed by atoms with Gasteiger partial charge in [0.1, 0.15) is 0 Å². The summed E-state index contributed by atoms with van der Waals surface area (Å²) in [4.78, 5) is 2.64. The largest absolute Gasteiger partial charge is 0.314 e. The molecule has 0 bridgehead atoms. The Morgan fingerprint density at radius 2 is 2.14 bits per heavy atom. The number of nitrogens with one attached hydrogen (secondary N) is 1. The summed E-state index contributed by atoms with van der Waals surface area (Å²) in [6.07, 6.45) is 2.67. The van der Waals surface area contributed by atoms with E-state index in [9.17, 15) is 0 Å². The van der Waals surface area contributed by atoms with Crippen LogP contribution in [0.25, 0.3) is 0 Å². The number of hydrogen-bond donors (Lipinski definition) is 1. The van der Waals surface area contributed by atoms with Gasteiger partial charge >= 0.3 is 0 Å². The third-order valence-electron chi connectivity index (χ3n) is 3.33. The topological polar surface area (TPSA) is 15.3 Å². The van der Waals surface area contributed by atoms with E-state index in [1.807, 2.05) is 0 Å². The maximum atomic E-state index is 3.48. The van der Waals surface area contributed by atoms with E-state index in [0.717, 1.165) is 18.5 Å². The smallest absolute Gasteiger partial charge is 0.00817 e. The molecule has 0 aromatic rings. The minimum absolute atomic E-state index is 0.658. The summed E-state index contributed by atoms with van der Waals surface area (Å²) >= 11 is 0. The fraction of sp³-hybridized carbons (Fsp3) is 1.00. The van der Waals surface area contributed by atoms with Crippen molar-refractivity contribution in [3.8, 4) is 0 Å². The Bertz CT molecular complexity index is 158. The summed E-state index contributed by atoms with van der Waals surface area (Å²) in [6.45, 7) is 12.9. The Morgan fingerprint density at radius 1 is 1.43 bits per heavy atom. The first kappa shape index (κ1) is 12.0. The van der Waals surface area contributed by atoms with Crippen molar-refractivity contribution in [1.82, 2.24) is 10.2 Å². The molecule has 0 amide bonds. The van der Waals surface area contributed by atoms with Gasteiger partial charge in [-0.2, -0.15) is 0 Å². The highest BCUT2D eigenvalue weighted by atomic mass is 15.2. The van der Waals surface area contributed by atoms with E-state index >= 15 is 0 Å². The summed E-state index contributed by atoms with van der Waals surface area (Å²) in [5.74, 6) is 0.909. The van der Waals surface area contributed by atoms with Gasteiger partial charge in [0, 0.05) is 18.6 Å². The zero-order chi connectivity index (χ0) is 10.6. The van der Waals surface area contributed by atoms with Gasteiger partial charge in [0.2, 0.25) is 0 Å². The molecule has 0 aliphatic carbocycles. The van der Waals surface area contributed by atoms with Crippen LogP contribution < -0.4 is 5.32 Å². The first-order valence-electron chi connectivity index (χ1n) is 6.11. The van der Waals surface area contributed by atoms with E-state index in [4.69, 9.17) is 0 Å². The van der Waals surface area contributed by atoms with Crippen LogP contribution in [0.1, 0.15) is 40.5 Å². The second kappa shape index (κ2) is 5.72. The van der Waals surface area contributed by atoms with Crippen molar-refractivity contribution in [1.29, 1.82) is 0 Å². The van der Waals surface area contributed by atoms with Gasteiger partial charge in [0.25, 0.3) is 0 Å². The van der Waals surface area contributed by atoms with Gasteiger partial charge < -0.3 is 10.2 Å². The Hall–Kier alpha value is -0.0800. The minimum atomic E-state index is 0.658. The van der Waals surface area contributed by atoms with Crippen LogP contribution in [0.2, 0.25) is 0 Å². The van der Waals surface area contributed by atoms with E-state index in [2.05, 4.69) is 37.9 Å². The SMILES string of the molecule is CCNC(C)CC(C)N1CCC(C)C1. The van der Waals surface area contributed by atoms with Crippen LogP contribution in [0.15, 0.2) is 0 Å². The summed E-state index contributed by atoms with van der Waals surface area (Å²) < 4.78 is 0. The average Bonchev–Trinajstić information content (AvgIpc) is 2.52. The van der Waals surface area contributed by atoms with Crippen molar-refractivity contribution in [2.45, 2.75) is 52.6 Å². The van der Waals surface area contributed by atoms with Crippen molar-refractivity contribution in [2.24, 2.45) is 5.92 Å². The lowest BCUT2D eigenvalue weighted by atomic mass is 10.1. The zero-order valence-electron chi connectivity index (χ0n) is 10.2. The Balaban J connectivity index is 2.23. The molecule has 1 saturated heterocycles. The third kappa shape index (κ3) is 3.58. The van der Waals surface area contributed by atoms with Gasteiger partial charge in [-0.05, 0) is 45.7 Å². The van der Waals surface area contributed by atoms with Gasteiger partial charge in [-0.25, -0.2) is 0 Å². The molecule has 84 valence electrons. The molecular formula is C12H26N2. The number of hydrogen-bond acceptors (Lipinski definition) is 2. The molecule has 1 aliphatic heterocycles. The Morgan fingerprint density at radius 3 is 2.64 bits per heavy atom. The molecule has 0 saturated carbocycles. The minimum Gasteiger partial charge on any atom is -0.314 e. The Kier molecular flexibility index (Phi) is 4.90. The lowest BCUT2D eigenvalue weighted by Crippen LogP contribution is -2.37. The van der Waals surface area contributed by atoms with E-state index in [1.165, 1.54) is 25.9 Å². The fourth-order valence-corrected chi connectivity index (χ4v) is 2.46. The molecule has 3 unspecified atom stereocenters. The lowest BCUT2D eigenvalue weighted by Gasteiger charge is -2.27. The van der Waals surface area contributed by atoms with Crippen LogP contribution in [0.5, 0.6) is 0 Å². The highest BCUT2D eigenvalue weighted by Gasteiger charge is 2.23. The van der Waals surface area contributed by atoms with Gasteiger partial charge in [-0.3, -0.25) is 0 Å². The molecule has 3 atom stereocenters. The van der Waals surface area contributed by atoms with Crippen LogP contribution in [0, 0.1) is 5.92 Å². The van der Waals surface area contributed by atoms with Crippen molar-refractivity contribution in [3.63, 3.8) is 0 Å². The first-order valence-corrected chi connectivity index (χ1v) is 6.11. The monoisotopic (exact) mass is 198 g/mol. The van der Waals surface area contributed by atoms with Crippen LogP contribution in [-0.4, -0.2) is 36.6 Å². The molecule has 0 aromatic heterocycles. The molecule has 2 nitrogen and oxygen atoms in total. The van der Waals surface area contributed by atoms with Crippen LogP contribution in [0.3, 0.4) is 0 Å². The predicted octanol–water partition coefficient (Wildman–Crippen LogP) is 2.10. The molecule has 0 radical (unpaired) electrons. The molecule has 14 heavy (non-hydrogen) atoms. The quantitative estimate of drug-likeness (QED) is 0.728. The lowest BCUT2D eigenvalue weighted by molar-refractivity contribution is 0.225. The van der Waals surface area contributed by atoms with Crippen molar-refractivity contribution in [2.75, 3.05) is 19.6 Å². The predicted molar refractivity (Wildman–Crippen MR) is 62.6 cm³/mol. The normalized spacial score (nSPS) is 27.9. The van der Waals surface area contributed by atoms with Crippen LogP contribution in [0.4, 0.5) is 0 Å². The second-order valence-electron chi connectivity index (χ2n) is 4.93. The molecule has 1 rings (SSSR count). The number of likely N-dealkylation sites (tertiary alicyclic amines) is 1. The van der Waals surface area contributed by atoms with E-state index in [-0.39, 0.29) is 0 Å². The molecule has 0 spiro atoms. The van der Waals surface area contributed by atoms with Gasteiger partial charge in [0.05, 0.1) is 0 Å².